The number of aliphatic carboxylic acids is 2. The Bertz CT molecular complexity index is 1170. The number of hydrogen-bond acceptors (Lipinski definition) is 7. The first-order chi connectivity index (χ1) is 18.7. The van der Waals surface area contributed by atoms with Gasteiger partial charge in [-0.05, 0) is 56.0 Å². The van der Waals surface area contributed by atoms with E-state index in [1.807, 2.05) is 17.8 Å². The first-order valence-electron chi connectivity index (χ1n) is 12.7. The van der Waals surface area contributed by atoms with Crippen LogP contribution in [-0.2, 0) is 15.3 Å². The Balaban J connectivity index is 0.000000459. The molecule has 39 heavy (non-hydrogen) atoms. The van der Waals surface area contributed by atoms with E-state index in [1.54, 1.807) is 0 Å². The molecule has 2 aromatic rings. The summed E-state index contributed by atoms with van der Waals surface area (Å²) in [5.74, 6) is -3.31. The van der Waals surface area contributed by atoms with Crippen molar-refractivity contribution in [3.8, 4) is 5.75 Å². The largest absolute Gasteiger partial charge is 0.490 e. The second-order valence-corrected chi connectivity index (χ2v) is 10.1. The van der Waals surface area contributed by atoms with Crippen molar-refractivity contribution in [2.24, 2.45) is 4.99 Å². The van der Waals surface area contributed by atoms with Crippen LogP contribution in [0.2, 0.25) is 0 Å². The number of nitrogens with zero attached hydrogens (tertiary/aromatic N) is 3. The van der Waals surface area contributed by atoms with Crippen LogP contribution in [0.1, 0.15) is 31.2 Å². The molecule has 0 bridgehead atoms. The Labute approximate surface area is 231 Å². The average Bonchev–Trinajstić information content (AvgIpc) is 2.94. The van der Waals surface area contributed by atoms with Gasteiger partial charge in [0.1, 0.15) is 0 Å². The number of para-hydroxylation sites is 1. The molecule has 8 nitrogen and oxygen atoms in total. The molecule has 0 amide bonds. The highest BCUT2D eigenvalue weighted by Gasteiger charge is 2.26. The number of aliphatic imine (C=N–C) groups is 1. The number of piperidine rings is 1. The number of benzene rings is 2. The second-order valence-electron chi connectivity index (χ2n) is 9.11. The van der Waals surface area contributed by atoms with Crippen LogP contribution >= 0.6 is 11.8 Å². The highest BCUT2D eigenvalue weighted by molar-refractivity contribution is 8.13. The summed E-state index contributed by atoms with van der Waals surface area (Å²) in [7, 11) is 2.17. The van der Waals surface area contributed by atoms with Gasteiger partial charge in [-0.3, -0.25) is 0 Å². The fraction of sp³-hybridized carbons (Fsp3) is 0.393. The molecule has 11 heteroatoms. The maximum atomic E-state index is 13.6. The van der Waals surface area contributed by atoms with Gasteiger partial charge < -0.3 is 24.7 Å². The van der Waals surface area contributed by atoms with E-state index in [2.05, 4.69) is 35.0 Å². The smallest absolute Gasteiger partial charge is 0.328 e. The number of unbranched alkanes of at least 4 members (excludes halogenated alkanes) is 1. The van der Waals surface area contributed by atoms with E-state index in [0.717, 1.165) is 68.0 Å². The van der Waals surface area contributed by atoms with Gasteiger partial charge in [0.25, 0.3) is 0 Å². The molecule has 1 fully saturated rings. The molecule has 2 aliphatic heterocycles. The Morgan fingerprint density at radius 1 is 1.08 bits per heavy atom. The number of rotatable bonds is 9. The van der Waals surface area contributed by atoms with Crippen molar-refractivity contribution in [2.75, 3.05) is 33.3 Å². The third-order valence-electron chi connectivity index (χ3n) is 6.38. The van der Waals surface area contributed by atoms with Gasteiger partial charge in [0, 0.05) is 44.1 Å². The lowest BCUT2D eigenvalue weighted by molar-refractivity contribution is -0.134. The van der Waals surface area contributed by atoms with Gasteiger partial charge in [0.05, 0.1) is 12.3 Å². The van der Waals surface area contributed by atoms with E-state index < -0.39 is 23.6 Å². The molecule has 2 heterocycles. The first-order valence-corrected chi connectivity index (χ1v) is 13.7. The van der Waals surface area contributed by atoms with Crippen molar-refractivity contribution in [3.63, 3.8) is 0 Å². The number of thioether (sulfide) groups is 1. The summed E-state index contributed by atoms with van der Waals surface area (Å²) in [6.45, 7) is 3.55. The van der Waals surface area contributed by atoms with E-state index in [0.29, 0.717) is 24.8 Å². The number of ether oxygens (including phenoxy) is 1. The van der Waals surface area contributed by atoms with Crippen LogP contribution in [0.15, 0.2) is 59.6 Å². The minimum atomic E-state index is -1.26. The molecule has 1 saturated heterocycles. The fourth-order valence-corrected chi connectivity index (χ4v) is 5.29. The maximum absolute atomic E-state index is 13.6. The molecule has 0 atom stereocenters. The summed E-state index contributed by atoms with van der Waals surface area (Å²) in [4.78, 5) is 28.8. The highest BCUT2D eigenvalue weighted by atomic mass is 32.2. The van der Waals surface area contributed by atoms with Crippen LogP contribution in [0.4, 0.5) is 14.5 Å². The van der Waals surface area contributed by atoms with Crippen molar-refractivity contribution in [2.45, 2.75) is 37.5 Å². The van der Waals surface area contributed by atoms with Crippen LogP contribution < -0.4 is 4.74 Å². The molecule has 0 aliphatic carbocycles. The lowest BCUT2D eigenvalue weighted by Gasteiger charge is -2.38. The molecule has 4 rings (SSSR count). The van der Waals surface area contributed by atoms with Crippen LogP contribution in [0.5, 0.6) is 5.75 Å². The van der Waals surface area contributed by atoms with Gasteiger partial charge in [0.15, 0.2) is 16.7 Å². The predicted octanol–water partition coefficient (Wildman–Crippen LogP) is 5.17. The molecule has 0 spiro atoms. The zero-order valence-corrected chi connectivity index (χ0v) is 22.6. The van der Waals surface area contributed by atoms with Gasteiger partial charge in [0.2, 0.25) is 5.82 Å². The number of fused-ring (bicyclic) bond motifs is 1. The average molecular weight is 562 g/mol. The Morgan fingerprint density at radius 2 is 1.77 bits per heavy atom. The Hall–Kier alpha value is -3.44. The van der Waals surface area contributed by atoms with E-state index in [9.17, 15) is 18.4 Å². The molecule has 0 radical (unpaired) electrons. The summed E-state index contributed by atoms with van der Waals surface area (Å²) >= 11 is 1.83. The molecule has 0 unspecified atom stereocenters. The molecule has 2 aromatic carbocycles. The van der Waals surface area contributed by atoms with Crippen LogP contribution in [0.25, 0.3) is 0 Å². The Morgan fingerprint density at radius 3 is 2.46 bits per heavy atom. The molecule has 2 N–H and O–H groups in total. The third-order valence-corrected chi connectivity index (χ3v) is 7.47. The van der Waals surface area contributed by atoms with Crippen molar-refractivity contribution >= 4 is 34.6 Å². The molecular formula is C28H33F2N3O5S. The van der Waals surface area contributed by atoms with E-state index in [1.165, 1.54) is 17.7 Å². The third kappa shape index (κ3) is 9.67. The van der Waals surface area contributed by atoms with Gasteiger partial charge in [-0.1, -0.05) is 36.0 Å². The lowest BCUT2D eigenvalue weighted by Crippen LogP contribution is -2.45. The molecule has 0 aromatic heterocycles. The van der Waals surface area contributed by atoms with E-state index in [4.69, 9.17) is 19.9 Å². The summed E-state index contributed by atoms with van der Waals surface area (Å²) in [6.07, 6.45) is 5.18. The number of carboxylic acid groups (broad SMARTS) is 2. The van der Waals surface area contributed by atoms with Crippen molar-refractivity contribution in [1.29, 1.82) is 0 Å². The van der Waals surface area contributed by atoms with Gasteiger partial charge in [-0.15, -0.1) is 0 Å². The second kappa shape index (κ2) is 15.2. The standard InChI is InChI=1S/C24H29F2N3OS.C4H4O4/c1-28(24-27-21-9-3-2-7-18(21)17-31-24)19-11-14-29(15-12-19)13-4-5-16-30-22-10-6-8-20(25)23(22)26;5-3(6)1-2-4(7)8/h2-3,6-10,19H,4-5,11-17H2,1H3;1-2H,(H,5,6)(H,7,8)/b;2-1+. The van der Waals surface area contributed by atoms with Crippen molar-refractivity contribution in [3.05, 3.63) is 71.8 Å². The zero-order valence-electron chi connectivity index (χ0n) is 21.8. The summed E-state index contributed by atoms with van der Waals surface area (Å²) in [6, 6.07) is 12.9. The summed E-state index contributed by atoms with van der Waals surface area (Å²) in [5.41, 5.74) is 2.41. The molecule has 0 saturated carbocycles. The molecule has 210 valence electrons. The minimum Gasteiger partial charge on any atom is -0.490 e. The number of halogens is 2. The van der Waals surface area contributed by atoms with E-state index in [-0.39, 0.29) is 5.75 Å². The monoisotopic (exact) mass is 561 g/mol. The van der Waals surface area contributed by atoms with Gasteiger partial charge in [-0.2, -0.15) is 4.39 Å². The van der Waals surface area contributed by atoms with Gasteiger partial charge >= 0.3 is 11.9 Å². The highest BCUT2D eigenvalue weighted by Crippen LogP contribution is 2.33. The Kier molecular flexibility index (Phi) is 11.8. The van der Waals surface area contributed by atoms with Gasteiger partial charge in [-0.25, -0.2) is 19.0 Å². The summed E-state index contributed by atoms with van der Waals surface area (Å²) < 4.78 is 32.2. The number of carbonyl (C=O) groups is 2. The first kappa shape index (κ1) is 30.1. The summed E-state index contributed by atoms with van der Waals surface area (Å²) in [5, 5.41) is 16.7. The van der Waals surface area contributed by atoms with Crippen LogP contribution in [0, 0.1) is 11.6 Å². The normalized spacial score (nSPS) is 15.6. The number of likely N-dealkylation sites (tertiary alicyclic amines) is 1. The quantitative estimate of drug-likeness (QED) is 0.320. The number of amidine groups is 1. The SMILES string of the molecule is CN(C1=Nc2ccccc2CS1)C1CCN(CCCCOc2cccc(F)c2F)CC1.O=C(O)/C=C/C(=O)O. The zero-order chi connectivity index (χ0) is 28.2. The number of carboxylic acids is 2. The lowest BCUT2D eigenvalue weighted by atomic mass is 10.0. The minimum absolute atomic E-state index is 0.00466. The maximum Gasteiger partial charge on any atom is 0.328 e. The van der Waals surface area contributed by atoms with Crippen molar-refractivity contribution in [1.82, 2.24) is 9.80 Å². The topological polar surface area (TPSA) is 103 Å². The van der Waals surface area contributed by atoms with Crippen LogP contribution in [0.3, 0.4) is 0 Å². The van der Waals surface area contributed by atoms with Crippen molar-refractivity contribution < 1.29 is 33.3 Å². The molecular weight excluding hydrogens is 528 g/mol. The number of hydrogen-bond donors (Lipinski definition) is 2. The fourth-order valence-electron chi connectivity index (χ4n) is 4.24. The predicted molar refractivity (Wildman–Crippen MR) is 148 cm³/mol. The van der Waals surface area contributed by atoms with Crippen LogP contribution in [-0.4, -0.2) is 76.4 Å². The molecule has 2 aliphatic rings. The van der Waals surface area contributed by atoms with E-state index >= 15 is 0 Å².